The van der Waals surface area contributed by atoms with E-state index >= 15 is 0 Å². The summed E-state index contributed by atoms with van der Waals surface area (Å²) < 4.78 is 0.681. The van der Waals surface area contributed by atoms with Crippen LogP contribution in [0, 0.1) is 0 Å². The molecule has 3 rings (SSSR count). The molecule has 2 aliphatic rings. The highest BCUT2D eigenvalue weighted by Gasteiger charge is 2.30. The van der Waals surface area contributed by atoms with E-state index < -0.39 is 5.91 Å². The second kappa shape index (κ2) is 6.05. The molecule has 2 fully saturated rings. The van der Waals surface area contributed by atoms with Gasteiger partial charge >= 0.3 is 6.03 Å². The molecular weight excluding hydrogens is 338 g/mol. The molecular formula is C13H18BrN5O2. The number of hydrazine groups is 1. The maximum Gasteiger partial charge on any atom is 0.333 e. The molecule has 0 aliphatic heterocycles. The Balaban J connectivity index is 1.50. The molecule has 0 spiro atoms. The zero-order chi connectivity index (χ0) is 14.8. The molecule has 4 N–H and O–H groups in total. The standard InChI is InChI=1S/C13H18BrN5O2/c14-9-10(7-5-6-7)16-17-11(9)12(20)18-19-13(21)15-8-3-1-2-4-8/h7-8H,1-6H2,(H,16,17)(H,18,20)(H2,15,19,21). The second-order valence-electron chi connectivity index (χ2n) is 5.61. The molecule has 0 unspecified atom stereocenters. The Morgan fingerprint density at radius 3 is 2.52 bits per heavy atom. The van der Waals surface area contributed by atoms with Gasteiger partial charge in [0.05, 0.1) is 10.2 Å². The van der Waals surface area contributed by atoms with Crippen molar-refractivity contribution in [3.8, 4) is 0 Å². The van der Waals surface area contributed by atoms with Crippen molar-refractivity contribution in [2.24, 2.45) is 0 Å². The number of hydrogen-bond donors (Lipinski definition) is 4. The van der Waals surface area contributed by atoms with Crippen molar-refractivity contribution < 1.29 is 9.59 Å². The van der Waals surface area contributed by atoms with Crippen LogP contribution < -0.4 is 16.2 Å². The highest BCUT2D eigenvalue weighted by Crippen LogP contribution is 2.42. The molecule has 0 aromatic carbocycles. The Hall–Kier alpha value is -1.57. The molecule has 0 bridgehead atoms. The quantitative estimate of drug-likeness (QED) is 0.623. The lowest BCUT2D eigenvalue weighted by molar-refractivity contribution is 0.0930. The molecule has 1 aromatic heterocycles. The summed E-state index contributed by atoms with van der Waals surface area (Å²) in [6, 6.07) is -0.176. The number of carbonyl (C=O) groups is 2. The summed E-state index contributed by atoms with van der Waals surface area (Å²) in [5, 5.41) is 9.71. The Kier molecular flexibility index (Phi) is 4.14. The van der Waals surface area contributed by atoms with Crippen molar-refractivity contribution in [2.75, 3.05) is 0 Å². The van der Waals surface area contributed by atoms with Gasteiger partial charge in [0.2, 0.25) is 0 Å². The second-order valence-corrected chi connectivity index (χ2v) is 6.40. The number of halogens is 1. The summed E-state index contributed by atoms with van der Waals surface area (Å²) in [6.45, 7) is 0. The lowest BCUT2D eigenvalue weighted by Gasteiger charge is -2.13. The minimum Gasteiger partial charge on any atom is -0.334 e. The normalized spacial score (nSPS) is 18.5. The summed E-state index contributed by atoms with van der Waals surface area (Å²) in [6.07, 6.45) is 6.50. The fourth-order valence-electron chi connectivity index (χ4n) is 2.60. The summed E-state index contributed by atoms with van der Waals surface area (Å²) >= 11 is 3.39. The van der Waals surface area contributed by atoms with Gasteiger partial charge in [-0.15, -0.1) is 0 Å². The van der Waals surface area contributed by atoms with Gasteiger partial charge < -0.3 is 5.32 Å². The number of amides is 3. The molecule has 7 nitrogen and oxygen atoms in total. The average molecular weight is 356 g/mol. The molecule has 1 heterocycles. The molecule has 8 heteroatoms. The number of carbonyl (C=O) groups excluding carboxylic acids is 2. The van der Waals surface area contributed by atoms with E-state index in [0.29, 0.717) is 10.4 Å². The SMILES string of the molecule is O=C(NNC(=O)c1n[nH]c(C2CC2)c1Br)NC1CCCC1. The van der Waals surface area contributed by atoms with Crippen molar-refractivity contribution in [1.29, 1.82) is 0 Å². The van der Waals surface area contributed by atoms with Gasteiger partial charge in [0, 0.05) is 12.0 Å². The van der Waals surface area contributed by atoms with Crippen molar-refractivity contribution in [1.82, 2.24) is 26.4 Å². The van der Waals surface area contributed by atoms with E-state index in [2.05, 4.69) is 42.3 Å². The zero-order valence-electron chi connectivity index (χ0n) is 11.5. The third-order valence-corrected chi connectivity index (χ3v) is 4.72. The van der Waals surface area contributed by atoms with Gasteiger partial charge in [-0.05, 0) is 41.6 Å². The van der Waals surface area contributed by atoms with Gasteiger partial charge in [-0.1, -0.05) is 12.8 Å². The maximum atomic E-state index is 12.0. The summed E-state index contributed by atoms with van der Waals surface area (Å²) in [7, 11) is 0. The number of rotatable bonds is 3. The van der Waals surface area contributed by atoms with Crippen molar-refractivity contribution in [2.45, 2.75) is 50.5 Å². The van der Waals surface area contributed by atoms with Gasteiger partial charge in [0.1, 0.15) is 0 Å². The van der Waals surface area contributed by atoms with Crippen molar-refractivity contribution >= 4 is 27.9 Å². The Morgan fingerprint density at radius 2 is 1.86 bits per heavy atom. The first-order valence-electron chi connectivity index (χ1n) is 7.25. The van der Waals surface area contributed by atoms with Crippen LogP contribution >= 0.6 is 15.9 Å². The average Bonchev–Trinajstić information content (AvgIpc) is 3.04. The third kappa shape index (κ3) is 3.37. The van der Waals surface area contributed by atoms with E-state index in [-0.39, 0.29) is 17.8 Å². The van der Waals surface area contributed by atoms with E-state index in [4.69, 9.17) is 0 Å². The lowest BCUT2D eigenvalue weighted by atomic mass is 10.2. The monoisotopic (exact) mass is 355 g/mol. The van der Waals surface area contributed by atoms with Crippen LogP contribution in [0.4, 0.5) is 4.79 Å². The number of hydrogen-bond acceptors (Lipinski definition) is 3. The first kappa shape index (κ1) is 14.4. The fraction of sp³-hybridized carbons (Fsp3) is 0.615. The van der Waals surface area contributed by atoms with Gasteiger partial charge in [0.15, 0.2) is 5.69 Å². The predicted molar refractivity (Wildman–Crippen MR) is 79.7 cm³/mol. The van der Waals surface area contributed by atoms with Crippen LogP contribution in [0.5, 0.6) is 0 Å². The minimum atomic E-state index is -0.438. The van der Waals surface area contributed by atoms with Gasteiger partial charge in [-0.2, -0.15) is 5.10 Å². The van der Waals surface area contributed by atoms with Crippen LogP contribution in [-0.2, 0) is 0 Å². The summed E-state index contributed by atoms with van der Waals surface area (Å²) in [5.74, 6) is 0.0265. The van der Waals surface area contributed by atoms with Crippen LogP contribution in [0.3, 0.4) is 0 Å². The molecule has 1 aromatic rings. The fourth-order valence-corrected chi connectivity index (χ4v) is 3.28. The summed E-state index contributed by atoms with van der Waals surface area (Å²) in [4.78, 5) is 23.7. The van der Waals surface area contributed by atoms with E-state index in [1.165, 1.54) is 0 Å². The van der Waals surface area contributed by atoms with E-state index in [1.54, 1.807) is 0 Å². The topological polar surface area (TPSA) is 98.9 Å². The smallest absolute Gasteiger partial charge is 0.333 e. The Bertz CT molecular complexity index is 549. The van der Waals surface area contributed by atoms with Crippen LogP contribution in [0.1, 0.15) is 60.6 Å². The van der Waals surface area contributed by atoms with Gasteiger partial charge in [-0.25, -0.2) is 10.2 Å². The molecule has 0 atom stereocenters. The van der Waals surface area contributed by atoms with Gasteiger partial charge in [0.25, 0.3) is 5.91 Å². The number of urea groups is 1. The molecule has 0 saturated heterocycles. The molecule has 114 valence electrons. The number of aromatic nitrogens is 2. The van der Waals surface area contributed by atoms with E-state index in [0.717, 1.165) is 44.2 Å². The highest BCUT2D eigenvalue weighted by atomic mass is 79.9. The van der Waals surface area contributed by atoms with Crippen LogP contribution in [0.25, 0.3) is 0 Å². The van der Waals surface area contributed by atoms with Crippen LogP contribution in [-0.4, -0.2) is 28.2 Å². The van der Waals surface area contributed by atoms with Gasteiger partial charge in [-0.3, -0.25) is 15.3 Å². The zero-order valence-corrected chi connectivity index (χ0v) is 13.1. The molecule has 21 heavy (non-hydrogen) atoms. The largest absolute Gasteiger partial charge is 0.334 e. The number of H-pyrrole nitrogens is 1. The molecule has 0 radical (unpaired) electrons. The Labute approximate surface area is 130 Å². The molecule has 2 saturated carbocycles. The van der Waals surface area contributed by atoms with Crippen molar-refractivity contribution in [3.63, 3.8) is 0 Å². The minimum absolute atomic E-state index is 0.209. The maximum absolute atomic E-state index is 12.0. The Morgan fingerprint density at radius 1 is 1.14 bits per heavy atom. The van der Waals surface area contributed by atoms with Crippen molar-refractivity contribution in [3.05, 3.63) is 15.9 Å². The first-order chi connectivity index (χ1) is 10.1. The third-order valence-electron chi connectivity index (χ3n) is 3.91. The van der Waals surface area contributed by atoms with E-state index in [1.807, 2.05) is 0 Å². The number of aromatic amines is 1. The van der Waals surface area contributed by atoms with E-state index in [9.17, 15) is 9.59 Å². The highest BCUT2D eigenvalue weighted by molar-refractivity contribution is 9.10. The molecule has 2 aliphatic carbocycles. The number of nitrogens with one attached hydrogen (secondary N) is 4. The number of nitrogens with zero attached hydrogens (tertiary/aromatic N) is 1. The predicted octanol–water partition coefficient (Wildman–Crippen LogP) is 1.94. The lowest BCUT2D eigenvalue weighted by Crippen LogP contribution is -2.49. The summed E-state index contributed by atoms with van der Waals surface area (Å²) in [5.41, 5.74) is 5.95. The first-order valence-corrected chi connectivity index (χ1v) is 8.05. The molecule has 3 amide bonds. The van der Waals surface area contributed by atoms with Crippen LogP contribution in [0.15, 0.2) is 4.47 Å². The van der Waals surface area contributed by atoms with Crippen LogP contribution in [0.2, 0.25) is 0 Å².